The lowest BCUT2D eigenvalue weighted by atomic mass is 9.77. The number of likely N-dealkylation sites (N-methyl/N-ethyl adjacent to an activating group) is 1. The molecule has 0 unspecified atom stereocenters. The number of amides is 1. The lowest BCUT2D eigenvalue weighted by Gasteiger charge is -2.44. The summed E-state index contributed by atoms with van der Waals surface area (Å²) in [6.07, 6.45) is 3.31. The maximum absolute atomic E-state index is 13.2. The van der Waals surface area contributed by atoms with Crippen LogP contribution in [0.5, 0.6) is 0 Å². The second kappa shape index (κ2) is 7.67. The molecule has 0 bridgehead atoms. The van der Waals surface area contributed by atoms with E-state index < -0.39 is 0 Å². The summed E-state index contributed by atoms with van der Waals surface area (Å²) in [5.74, 6) is 1.02. The Balaban J connectivity index is 1.28. The van der Waals surface area contributed by atoms with Crippen molar-refractivity contribution < 1.29 is 9.90 Å². The molecule has 2 saturated heterocycles. The molecule has 3 heterocycles. The number of hydrogen-bond donors (Lipinski definition) is 1. The van der Waals surface area contributed by atoms with Gasteiger partial charge in [0.1, 0.15) is 0 Å². The number of aliphatic hydroxyl groups is 1. The van der Waals surface area contributed by atoms with Gasteiger partial charge in [0.2, 0.25) is 0 Å². The smallest absolute Gasteiger partial charge is 0.253 e. The molecule has 4 atom stereocenters. The average Bonchev–Trinajstić information content (AvgIpc) is 3.15. The first-order valence-corrected chi connectivity index (χ1v) is 10.8. The second-order valence-corrected chi connectivity index (χ2v) is 9.09. The molecule has 1 aliphatic carbocycles. The fourth-order valence-corrected chi connectivity index (χ4v) is 5.51. The van der Waals surface area contributed by atoms with Gasteiger partial charge in [-0.1, -0.05) is 6.07 Å². The molecule has 2 aliphatic heterocycles. The number of pyridine rings is 1. The first-order chi connectivity index (χ1) is 14.1. The Morgan fingerprint density at radius 2 is 1.83 bits per heavy atom. The van der Waals surface area contributed by atoms with Crippen LogP contribution in [0.25, 0.3) is 10.9 Å². The first kappa shape index (κ1) is 19.0. The Kier molecular flexibility index (Phi) is 5.02. The predicted octanol–water partition coefficient (Wildman–Crippen LogP) is 1.69. The molecule has 29 heavy (non-hydrogen) atoms. The minimum absolute atomic E-state index is 0.107. The van der Waals surface area contributed by atoms with Crippen molar-refractivity contribution in [2.24, 2.45) is 11.8 Å². The third kappa shape index (κ3) is 3.65. The van der Waals surface area contributed by atoms with Crippen LogP contribution in [0.2, 0.25) is 0 Å². The molecule has 1 aromatic carbocycles. The Bertz CT molecular complexity index is 895. The third-order valence-electron chi connectivity index (χ3n) is 7.25. The summed E-state index contributed by atoms with van der Waals surface area (Å²) < 4.78 is 0. The number of rotatable bonds is 2. The minimum atomic E-state index is -0.276. The van der Waals surface area contributed by atoms with Gasteiger partial charge in [0.15, 0.2) is 0 Å². The van der Waals surface area contributed by atoms with Gasteiger partial charge >= 0.3 is 0 Å². The maximum atomic E-state index is 13.2. The van der Waals surface area contributed by atoms with Gasteiger partial charge in [-0.25, -0.2) is 0 Å². The highest BCUT2D eigenvalue weighted by Crippen LogP contribution is 2.39. The number of carbonyl (C=O) groups is 1. The van der Waals surface area contributed by atoms with Crippen molar-refractivity contribution >= 4 is 16.8 Å². The number of benzene rings is 1. The van der Waals surface area contributed by atoms with E-state index in [1.807, 2.05) is 35.2 Å². The van der Waals surface area contributed by atoms with Gasteiger partial charge in [0.05, 0.1) is 11.6 Å². The number of fused-ring (bicyclic) bond motifs is 2. The SMILES string of the molecule is CN1CCN([C@@H]2C[C@@H]3CN(C(=O)c4ccc5ncccc5c4)C[C@@H]3C[C@H]2O)CC1. The number of nitrogens with zero attached hydrogens (tertiary/aromatic N) is 4. The van der Waals surface area contributed by atoms with Gasteiger partial charge < -0.3 is 14.9 Å². The van der Waals surface area contributed by atoms with Crippen LogP contribution in [-0.4, -0.2) is 89.2 Å². The normalized spacial score (nSPS) is 31.2. The van der Waals surface area contributed by atoms with Crippen molar-refractivity contribution in [3.8, 4) is 0 Å². The van der Waals surface area contributed by atoms with Gasteiger partial charge in [-0.2, -0.15) is 0 Å². The highest BCUT2D eigenvalue weighted by Gasteiger charge is 2.44. The molecule has 1 N–H and O–H groups in total. The van der Waals surface area contributed by atoms with Crippen molar-refractivity contribution in [3.63, 3.8) is 0 Å². The van der Waals surface area contributed by atoms with E-state index in [2.05, 4.69) is 21.8 Å². The Labute approximate surface area is 172 Å². The van der Waals surface area contributed by atoms with Crippen molar-refractivity contribution in [2.45, 2.75) is 25.0 Å². The molecular formula is C23H30N4O2. The highest BCUT2D eigenvalue weighted by atomic mass is 16.3. The van der Waals surface area contributed by atoms with Crippen LogP contribution in [0.15, 0.2) is 36.5 Å². The number of piperazine rings is 1. The van der Waals surface area contributed by atoms with E-state index in [4.69, 9.17) is 0 Å². The fraction of sp³-hybridized carbons (Fsp3) is 0.565. The molecule has 1 aromatic heterocycles. The number of likely N-dealkylation sites (tertiary alicyclic amines) is 1. The van der Waals surface area contributed by atoms with E-state index in [0.717, 1.165) is 68.6 Å². The Hall–Kier alpha value is -2.02. The quantitative estimate of drug-likeness (QED) is 0.840. The van der Waals surface area contributed by atoms with Gasteiger partial charge in [-0.15, -0.1) is 0 Å². The summed E-state index contributed by atoms with van der Waals surface area (Å²) in [6, 6.07) is 9.92. The standard InChI is InChI=1S/C23H30N4O2/c1-25-7-9-26(10-8-25)21-12-18-14-27(15-19(18)13-22(21)28)23(29)17-4-5-20-16(11-17)3-2-6-24-20/h2-6,11,18-19,21-22,28H,7-10,12-15H2,1H3/t18-,19+,21-,22-/m1/s1. The number of carbonyl (C=O) groups excluding carboxylic acids is 1. The molecule has 1 saturated carbocycles. The van der Waals surface area contributed by atoms with Gasteiger partial charge in [0, 0.05) is 62.5 Å². The van der Waals surface area contributed by atoms with E-state index in [-0.39, 0.29) is 18.1 Å². The molecule has 2 aromatic rings. The molecule has 154 valence electrons. The van der Waals surface area contributed by atoms with Crippen LogP contribution in [0.1, 0.15) is 23.2 Å². The summed E-state index contributed by atoms with van der Waals surface area (Å²) in [6.45, 7) is 5.77. The molecule has 0 radical (unpaired) electrons. The van der Waals surface area contributed by atoms with Crippen LogP contribution in [-0.2, 0) is 0 Å². The monoisotopic (exact) mass is 394 g/mol. The van der Waals surface area contributed by atoms with Crippen molar-refractivity contribution in [1.29, 1.82) is 0 Å². The largest absolute Gasteiger partial charge is 0.391 e. The maximum Gasteiger partial charge on any atom is 0.253 e. The summed E-state index contributed by atoms with van der Waals surface area (Å²) in [5, 5.41) is 11.8. The van der Waals surface area contributed by atoms with E-state index in [1.54, 1.807) is 6.20 Å². The molecular weight excluding hydrogens is 364 g/mol. The van der Waals surface area contributed by atoms with Crippen LogP contribution >= 0.6 is 0 Å². The van der Waals surface area contributed by atoms with Gasteiger partial charge in [-0.05, 0) is 56.0 Å². The lowest BCUT2D eigenvalue weighted by Crippen LogP contribution is -2.55. The van der Waals surface area contributed by atoms with E-state index in [9.17, 15) is 9.90 Å². The molecule has 1 amide bonds. The van der Waals surface area contributed by atoms with Crippen LogP contribution in [0.3, 0.4) is 0 Å². The van der Waals surface area contributed by atoms with Crippen LogP contribution in [0.4, 0.5) is 0 Å². The lowest BCUT2D eigenvalue weighted by molar-refractivity contribution is -0.0249. The van der Waals surface area contributed by atoms with Crippen molar-refractivity contribution in [2.75, 3.05) is 46.3 Å². The summed E-state index contributed by atoms with van der Waals surface area (Å²) in [5.41, 5.74) is 1.65. The van der Waals surface area contributed by atoms with E-state index in [0.29, 0.717) is 11.8 Å². The van der Waals surface area contributed by atoms with E-state index in [1.165, 1.54) is 0 Å². The molecule has 6 heteroatoms. The zero-order valence-corrected chi connectivity index (χ0v) is 17.1. The molecule has 5 rings (SSSR count). The van der Waals surface area contributed by atoms with E-state index >= 15 is 0 Å². The highest BCUT2D eigenvalue weighted by molar-refractivity contribution is 5.98. The fourth-order valence-electron chi connectivity index (χ4n) is 5.51. The van der Waals surface area contributed by atoms with Crippen molar-refractivity contribution in [1.82, 2.24) is 19.7 Å². The zero-order valence-electron chi connectivity index (χ0n) is 17.1. The summed E-state index contributed by atoms with van der Waals surface area (Å²) in [7, 11) is 2.16. The predicted molar refractivity (Wildman–Crippen MR) is 113 cm³/mol. The second-order valence-electron chi connectivity index (χ2n) is 9.09. The van der Waals surface area contributed by atoms with Crippen LogP contribution < -0.4 is 0 Å². The average molecular weight is 395 g/mol. The third-order valence-corrected chi connectivity index (χ3v) is 7.25. The van der Waals surface area contributed by atoms with Gasteiger partial charge in [0.25, 0.3) is 5.91 Å². The number of aliphatic hydroxyl groups excluding tert-OH is 1. The van der Waals surface area contributed by atoms with Crippen LogP contribution in [0, 0.1) is 11.8 Å². The zero-order chi connectivity index (χ0) is 20.0. The van der Waals surface area contributed by atoms with Crippen molar-refractivity contribution in [3.05, 3.63) is 42.1 Å². The number of aromatic nitrogens is 1. The minimum Gasteiger partial charge on any atom is -0.391 e. The first-order valence-electron chi connectivity index (χ1n) is 10.8. The summed E-state index contributed by atoms with van der Waals surface area (Å²) in [4.78, 5) is 24.3. The Morgan fingerprint density at radius 3 is 2.62 bits per heavy atom. The molecule has 0 spiro atoms. The topological polar surface area (TPSA) is 59.9 Å². The Morgan fingerprint density at radius 1 is 1.07 bits per heavy atom. The molecule has 3 aliphatic rings. The molecule has 6 nitrogen and oxygen atoms in total. The molecule has 3 fully saturated rings. The summed E-state index contributed by atoms with van der Waals surface area (Å²) >= 11 is 0. The van der Waals surface area contributed by atoms with Gasteiger partial charge in [-0.3, -0.25) is 14.7 Å². The number of hydrogen-bond acceptors (Lipinski definition) is 5.